The molecule has 0 aromatic carbocycles. The van der Waals surface area contributed by atoms with Gasteiger partial charge in [-0.3, -0.25) is 4.79 Å². The number of carbonyl (C=O) groups excluding carboxylic acids is 1. The van der Waals surface area contributed by atoms with E-state index in [1.54, 1.807) is 0 Å². The van der Waals surface area contributed by atoms with Crippen LogP contribution >= 0.6 is 0 Å². The maximum Gasteiger partial charge on any atom is 0.164 e. The van der Waals surface area contributed by atoms with Crippen LogP contribution in [0.15, 0.2) is 0 Å². The molecule has 56 valence electrons. The van der Waals surface area contributed by atoms with E-state index in [-0.39, 0.29) is 17.6 Å². The first kappa shape index (κ1) is 6.35. The lowest BCUT2D eigenvalue weighted by Gasteiger charge is -2.24. The molecule has 0 radical (unpaired) electrons. The molecule has 0 amide bonds. The summed E-state index contributed by atoms with van der Waals surface area (Å²) in [6, 6.07) is 0. The van der Waals surface area contributed by atoms with E-state index in [9.17, 15) is 4.79 Å². The van der Waals surface area contributed by atoms with Crippen LogP contribution in [0.1, 0.15) is 26.7 Å². The van der Waals surface area contributed by atoms with Crippen molar-refractivity contribution in [3.05, 3.63) is 0 Å². The Balaban J connectivity index is 2.16. The van der Waals surface area contributed by atoms with Gasteiger partial charge in [-0.25, -0.2) is 0 Å². The second-order valence-corrected chi connectivity index (χ2v) is 3.93. The number of epoxide rings is 1. The molecule has 1 aliphatic carbocycles. The maximum absolute atomic E-state index is 11.0. The first-order valence-corrected chi connectivity index (χ1v) is 3.79. The summed E-state index contributed by atoms with van der Waals surface area (Å²) in [5.74, 6) is 0.310. The van der Waals surface area contributed by atoms with Crippen molar-refractivity contribution in [2.75, 3.05) is 0 Å². The highest BCUT2D eigenvalue weighted by molar-refractivity contribution is 5.87. The molecule has 1 saturated heterocycles. The van der Waals surface area contributed by atoms with Crippen LogP contribution in [0, 0.1) is 5.41 Å². The Morgan fingerprint density at radius 3 is 2.90 bits per heavy atom. The molecule has 2 aliphatic rings. The van der Waals surface area contributed by atoms with Crippen molar-refractivity contribution >= 4 is 5.78 Å². The predicted octanol–water partition coefficient (Wildman–Crippen LogP) is 1.14. The lowest BCUT2D eigenvalue weighted by atomic mass is 9.77. The van der Waals surface area contributed by atoms with Gasteiger partial charge in [-0.2, -0.15) is 0 Å². The van der Waals surface area contributed by atoms with Gasteiger partial charge in [0.25, 0.3) is 0 Å². The minimum Gasteiger partial charge on any atom is -0.361 e. The summed E-state index contributed by atoms with van der Waals surface area (Å²) in [5.41, 5.74) is 0.249. The fourth-order valence-corrected chi connectivity index (χ4v) is 1.68. The van der Waals surface area contributed by atoms with Crippen molar-refractivity contribution in [2.45, 2.75) is 38.9 Å². The van der Waals surface area contributed by atoms with Gasteiger partial charge in [0.15, 0.2) is 5.78 Å². The molecular formula is C8H12O2. The van der Waals surface area contributed by atoms with Crippen molar-refractivity contribution < 1.29 is 9.53 Å². The van der Waals surface area contributed by atoms with Gasteiger partial charge in [0, 0.05) is 6.42 Å². The molecule has 1 heterocycles. The van der Waals surface area contributed by atoms with Gasteiger partial charge in [-0.1, -0.05) is 13.8 Å². The second-order valence-electron chi connectivity index (χ2n) is 3.93. The molecule has 2 nitrogen and oxygen atoms in total. The van der Waals surface area contributed by atoms with Gasteiger partial charge in [-0.05, 0) is 11.8 Å². The van der Waals surface area contributed by atoms with Crippen LogP contribution in [0.2, 0.25) is 0 Å². The third-order valence-electron chi connectivity index (χ3n) is 2.59. The lowest BCUT2D eigenvalue weighted by Crippen LogP contribution is -2.30. The molecule has 0 aromatic rings. The van der Waals surface area contributed by atoms with Crippen LogP contribution in [0.25, 0.3) is 0 Å². The van der Waals surface area contributed by atoms with E-state index < -0.39 is 0 Å². The van der Waals surface area contributed by atoms with Gasteiger partial charge in [0.1, 0.15) is 6.10 Å². The number of fused-ring (bicyclic) bond motifs is 1. The maximum atomic E-state index is 11.0. The van der Waals surface area contributed by atoms with Gasteiger partial charge in [0.2, 0.25) is 0 Å². The van der Waals surface area contributed by atoms with Gasteiger partial charge in [0.05, 0.1) is 6.10 Å². The highest BCUT2D eigenvalue weighted by atomic mass is 16.6. The number of carbonyl (C=O) groups is 1. The molecular weight excluding hydrogens is 128 g/mol. The van der Waals surface area contributed by atoms with E-state index in [0.29, 0.717) is 12.2 Å². The Hall–Kier alpha value is -0.370. The SMILES string of the molecule is CC1(C)CCC(=O)[C@@H]2O[C@@H]21. The van der Waals surface area contributed by atoms with Crippen LogP contribution in [0.5, 0.6) is 0 Å². The average molecular weight is 140 g/mol. The van der Waals surface area contributed by atoms with E-state index >= 15 is 0 Å². The van der Waals surface area contributed by atoms with Crippen LogP contribution in [-0.4, -0.2) is 18.0 Å². The zero-order chi connectivity index (χ0) is 7.35. The van der Waals surface area contributed by atoms with Crippen LogP contribution < -0.4 is 0 Å². The predicted molar refractivity (Wildman–Crippen MR) is 36.7 cm³/mol. The van der Waals surface area contributed by atoms with Crippen molar-refractivity contribution in [3.63, 3.8) is 0 Å². The van der Waals surface area contributed by atoms with E-state index in [4.69, 9.17) is 4.74 Å². The standard InChI is InChI=1S/C8H12O2/c1-8(2)4-3-5(9)6-7(8)10-6/h6-7H,3-4H2,1-2H3/t6-,7-/m0/s1. The monoisotopic (exact) mass is 140 g/mol. The van der Waals surface area contributed by atoms with E-state index in [1.807, 2.05) is 0 Å². The fourth-order valence-electron chi connectivity index (χ4n) is 1.68. The minimum atomic E-state index is -0.0243. The molecule has 2 fully saturated rings. The minimum absolute atomic E-state index is 0.0243. The summed E-state index contributed by atoms with van der Waals surface area (Å²) in [6.45, 7) is 4.34. The van der Waals surface area contributed by atoms with Crippen molar-refractivity contribution in [1.82, 2.24) is 0 Å². The molecule has 10 heavy (non-hydrogen) atoms. The number of Topliss-reactive ketones (excluding diaryl/α,β-unsaturated/α-hetero) is 1. The largest absolute Gasteiger partial charge is 0.361 e. The zero-order valence-corrected chi connectivity index (χ0v) is 6.39. The number of hydrogen-bond acceptors (Lipinski definition) is 2. The summed E-state index contributed by atoms with van der Waals surface area (Å²) >= 11 is 0. The van der Waals surface area contributed by atoms with Crippen molar-refractivity contribution in [1.29, 1.82) is 0 Å². The van der Waals surface area contributed by atoms with Crippen molar-refractivity contribution in [2.24, 2.45) is 5.41 Å². The Bertz CT molecular complexity index is 184. The molecule has 0 unspecified atom stereocenters. The molecule has 0 spiro atoms. The molecule has 0 N–H and O–H groups in total. The first-order valence-electron chi connectivity index (χ1n) is 3.79. The third-order valence-corrected chi connectivity index (χ3v) is 2.59. The summed E-state index contributed by atoms with van der Waals surface area (Å²) in [7, 11) is 0. The quantitative estimate of drug-likeness (QED) is 0.472. The summed E-state index contributed by atoms with van der Waals surface area (Å²) < 4.78 is 5.26. The molecule has 0 aromatic heterocycles. The average Bonchev–Trinajstić information content (AvgIpc) is 2.58. The van der Waals surface area contributed by atoms with Crippen LogP contribution in [0.3, 0.4) is 0 Å². The van der Waals surface area contributed by atoms with E-state index in [2.05, 4.69) is 13.8 Å². The molecule has 1 saturated carbocycles. The lowest BCUT2D eigenvalue weighted by molar-refractivity contribution is -0.121. The van der Waals surface area contributed by atoms with Gasteiger partial charge < -0.3 is 4.74 Å². The van der Waals surface area contributed by atoms with Gasteiger partial charge in [-0.15, -0.1) is 0 Å². The molecule has 2 atom stereocenters. The topological polar surface area (TPSA) is 29.6 Å². The molecule has 2 rings (SSSR count). The number of hydrogen-bond donors (Lipinski definition) is 0. The van der Waals surface area contributed by atoms with Crippen LogP contribution in [-0.2, 0) is 9.53 Å². The van der Waals surface area contributed by atoms with Gasteiger partial charge >= 0.3 is 0 Å². The Morgan fingerprint density at radius 2 is 2.30 bits per heavy atom. The number of ether oxygens (including phenoxy) is 1. The van der Waals surface area contributed by atoms with Crippen molar-refractivity contribution in [3.8, 4) is 0 Å². The highest BCUT2D eigenvalue weighted by Gasteiger charge is 2.56. The fraction of sp³-hybridized carbons (Fsp3) is 0.875. The summed E-state index contributed by atoms with van der Waals surface area (Å²) in [6.07, 6.45) is 1.93. The molecule has 0 bridgehead atoms. The summed E-state index contributed by atoms with van der Waals surface area (Å²) in [5, 5.41) is 0. The van der Waals surface area contributed by atoms with Crippen LogP contribution in [0.4, 0.5) is 0 Å². The molecule has 2 heteroatoms. The van der Waals surface area contributed by atoms with E-state index in [1.165, 1.54) is 0 Å². The smallest absolute Gasteiger partial charge is 0.164 e. The normalized spacial score (nSPS) is 42.8. The molecule has 1 aliphatic heterocycles. The van der Waals surface area contributed by atoms with E-state index in [0.717, 1.165) is 6.42 Å². The first-order chi connectivity index (χ1) is 4.61. The number of ketones is 1. The highest BCUT2D eigenvalue weighted by Crippen LogP contribution is 2.46. The summed E-state index contributed by atoms with van der Waals surface area (Å²) in [4.78, 5) is 11.0. The number of rotatable bonds is 0. The third kappa shape index (κ3) is 0.717. The second kappa shape index (κ2) is 1.62. The Kier molecular flexibility index (Phi) is 1.03. The zero-order valence-electron chi connectivity index (χ0n) is 6.39. The Morgan fingerprint density at radius 1 is 1.60 bits per heavy atom. The Labute approximate surface area is 60.6 Å².